The van der Waals surface area contributed by atoms with Gasteiger partial charge in [-0.1, -0.05) is 47.5 Å². The molecule has 1 aliphatic heterocycles. The zero-order valence-corrected chi connectivity index (χ0v) is 13.2. The van der Waals surface area contributed by atoms with Crippen LogP contribution in [-0.2, 0) is 0 Å². The molecular formula is C14H9BrF5NS. The quantitative estimate of drug-likeness (QED) is 0.612. The average molecular weight is 398 g/mol. The van der Waals surface area contributed by atoms with E-state index in [1.807, 2.05) is 0 Å². The van der Waals surface area contributed by atoms with Crippen molar-refractivity contribution < 1.29 is 19.4 Å². The Labute approximate surface area is 131 Å². The van der Waals surface area contributed by atoms with Gasteiger partial charge in [0.25, 0.3) is 0 Å². The van der Waals surface area contributed by atoms with Crippen molar-refractivity contribution in [2.24, 2.45) is 4.99 Å². The highest BCUT2D eigenvalue weighted by Crippen LogP contribution is 3.01. The Bertz CT molecular complexity index is 875. The minimum Gasteiger partial charge on any atom is -0.272 e. The molecule has 0 saturated carbocycles. The standard InChI is InChI=1S/C14H9BrF5NS/c15-11-3-1-9(2-4-11)14-8-10-7-12(5-6-13(10)21-14)22(16,17,18,19)20/h1-8,14H/t14-/m0/s1. The second-order valence-electron chi connectivity index (χ2n) is 4.98. The highest BCUT2D eigenvalue weighted by atomic mass is 79.9. The summed E-state index contributed by atoms with van der Waals surface area (Å²) < 4.78 is 65.0. The van der Waals surface area contributed by atoms with E-state index in [0.717, 1.165) is 16.1 Å². The van der Waals surface area contributed by atoms with E-state index >= 15 is 0 Å². The molecule has 0 radical (unpaired) electrons. The summed E-state index contributed by atoms with van der Waals surface area (Å²) in [6.45, 7) is 0. The molecule has 118 valence electrons. The van der Waals surface area contributed by atoms with E-state index < -0.39 is 21.2 Å². The molecule has 1 heterocycles. The van der Waals surface area contributed by atoms with Crippen LogP contribution in [0.5, 0.6) is 0 Å². The molecule has 0 saturated heterocycles. The highest BCUT2D eigenvalue weighted by Gasteiger charge is 2.65. The third-order valence-corrected chi connectivity index (χ3v) is 4.95. The molecule has 2 aromatic carbocycles. The second kappa shape index (κ2) is 4.11. The summed E-state index contributed by atoms with van der Waals surface area (Å²) in [4.78, 5) is 2.36. The number of nitrogens with zero attached hydrogens (tertiary/aromatic N) is 1. The van der Waals surface area contributed by atoms with E-state index in [-0.39, 0.29) is 10.6 Å². The molecule has 22 heavy (non-hydrogen) atoms. The summed E-state index contributed by atoms with van der Waals surface area (Å²) >= 11 is 3.28. The fourth-order valence-electron chi connectivity index (χ4n) is 2.21. The molecule has 0 fully saturated rings. The van der Waals surface area contributed by atoms with Crippen LogP contribution in [0.3, 0.4) is 0 Å². The van der Waals surface area contributed by atoms with Crippen LogP contribution in [0.1, 0.15) is 11.6 Å². The molecule has 0 unspecified atom stereocenters. The molecule has 0 amide bonds. The monoisotopic (exact) mass is 397 g/mol. The molecule has 1 atom stereocenters. The number of benzene rings is 2. The molecule has 1 nitrogen and oxygen atoms in total. The summed E-state index contributed by atoms with van der Waals surface area (Å²) in [6, 6.07) is 8.47. The topological polar surface area (TPSA) is 12.4 Å². The summed E-state index contributed by atoms with van der Waals surface area (Å²) in [5.41, 5.74) is 0.772. The minimum atomic E-state index is -9.66. The Balaban J connectivity index is 2.09. The molecule has 1 aliphatic rings. The third kappa shape index (κ3) is 3.03. The number of rotatable bonds is 2. The Morgan fingerprint density at radius 2 is 1.55 bits per heavy atom. The van der Waals surface area contributed by atoms with Gasteiger partial charge in [-0.25, -0.2) is 0 Å². The first kappa shape index (κ1) is 15.5. The van der Waals surface area contributed by atoms with Gasteiger partial charge in [-0.2, -0.15) is 0 Å². The molecule has 0 bridgehead atoms. The highest BCUT2D eigenvalue weighted by molar-refractivity contribution is 9.10. The van der Waals surface area contributed by atoms with Crippen LogP contribution < -0.4 is 10.6 Å². The van der Waals surface area contributed by atoms with Gasteiger partial charge in [-0.3, -0.25) is 4.99 Å². The van der Waals surface area contributed by atoms with Crippen molar-refractivity contribution in [2.75, 3.05) is 0 Å². The van der Waals surface area contributed by atoms with E-state index in [2.05, 4.69) is 20.9 Å². The Morgan fingerprint density at radius 1 is 0.909 bits per heavy atom. The van der Waals surface area contributed by atoms with Gasteiger partial charge < -0.3 is 0 Å². The smallest absolute Gasteiger partial charge is 0.272 e. The fourth-order valence-corrected chi connectivity index (χ4v) is 3.15. The summed E-state index contributed by atoms with van der Waals surface area (Å²) in [5.74, 6) is 0. The molecule has 3 rings (SSSR count). The number of hydrogen-bond acceptors (Lipinski definition) is 1. The number of fused-ring (bicyclic) bond motifs is 1. The SMILES string of the molecule is FS(F)(F)(F)(F)c1ccc2c(c1)=C[C@@H](c1ccc(Br)cc1)N=2. The van der Waals surface area contributed by atoms with Gasteiger partial charge in [-0.15, -0.1) is 0 Å². The van der Waals surface area contributed by atoms with Gasteiger partial charge in [0, 0.05) is 4.47 Å². The van der Waals surface area contributed by atoms with Crippen LogP contribution in [0.25, 0.3) is 6.08 Å². The molecular weight excluding hydrogens is 389 g/mol. The Kier molecular flexibility index (Phi) is 2.89. The van der Waals surface area contributed by atoms with Gasteiger partial charge in [-0.05, 0) is 47.2 Å². The van der Waals surface area contributed by atoms with E-state index in [4.69, 9.17) is 0 Å². The first-order valence-electron chi connectivity index (χ1n) is 6.12. The summed E-state index contributed by atoms with van der Waals surface area (Å²) in [5, 5.41) is 0.345. The van der Waals surface area contributed by atoms with Crippen molar-refractivity contribution in [1.82, 2.24) is 0 Å². The maximum atomic E-state index is 12.8. The van der Waals surface area contributed by atoms with E-state index in [1.165, 1.54) is 6.08 Å². The first-order chi connectivity index (χ1) is 9.92. The Hall–Kier alpha value is -1.41. The lowest BCUT2D eigenvalue weighted by atomic mass is 10.1. The van der Waals surface area contributed by atoms with Crippen LogP contribution in [0, 0.1) is 0 Å². The van der Waals surface area contributed by atoms with Gasteiger partial charge in [0.2, 0.25) is 0 Å². The fraction of sp³-hybridized carbons (Fsp3) is 0.0714. The van der Waals surface area contributed by atoms with Crippen molar-refractivity contribution in [3.05, 3.63) is 63.1 Å². The first-order valence-corrected chi connectivity index (χ1v) is 8.86. The maximum absolute atomic E-state index is 12.8. The predicted molar refractivity (Wildman–Crippen MR) is 80.0 cm³/mol. The summed E-state index contributed by atoms with van der Waals surface area (Å²) in [6.07, 6.45) is 1.45. The predicted octanol–water partition coefficient (Wildman–Crippen LogP) is 5.26. The van der Waals surface area contributed by atoms with Crippen LogP contribution in [0.2, 0.25) is 0 Å². The molecule has 0 aliphatic carbocycles. The van der Waals surface area contributed by atoms with Gasteiger partial charge in [0.1, 0.15) is 4.90 Å². The van der Waals surface area contributed by atoms with Crippen molar-refractivity contribution >= 4 is 32.2 Å². The van der Waals surface area contributed by atoms with E-state index in [0.29, 0.717) is 12.1 Å². The number of halogens is 6. The molecule has 8 heteroatoms. The van der Waals surface area contributed by atoms with Crippen molar-refractivity contribution in [3.63, 3.8) is 0 Å². The third-order valence-electron chi connectivity index (χ3n) is 3.27. The zero-order valence-electron chi connectivity index (χ0n) is 10.8. The molecule has 0 spiro atoms. The lowest BCUT2D eigenvalue weighted by Gasteiger charge is -2.40. The van der Waals surface area contributed by atoms with Crippen molar-refractivity contribution in [2.45, 2.75) is 10.9 Å². The minimum absolute atomic E-state index is 0.0682. The second-order valence-corrected chi connectivity index (χ2v) is 8.31. The zero-order chi connectivity index (χ0) is 16.2. The van der Waals surface area contributed by atoms with E-state index in [9.17, 15) is 19.4 Å². The maximum Gasteiger partial charge on any atom is 0.310 e. The number of hydrogen-bond donors (Lipinski definition) is 0. The molecule has 0 aromatic heterocycles. The van der Waals surface area contributed by atoms with Crippen LogP contribution in [0.4, 0.5) is 19.4 Å². The van der Waals surface area contributed by atoms with Gasteiger partial charge in [0.15, 0.2) is 0 Å². The van der Waals surface area contributed by atoms with Crippen LogP contribution in [-0.4, -0.2) is 0 Å². The lowest BCUT2D eigenvalue weighted by Crippen LogP contribution is -2.23. The van der Waals surface area contributed by atoms with Crippen molar-refractivity contribution in [3.8, 4) is 0 Å². The van der Waals surface area contributed by atoms with Crippen LogP contribution >= 0.6 is 26.2 Å². The van der Waals surface area contributed by atoms with Gasteiger partial charge in [0.05, 0.1) is 11.4 Å². The molecule has 0 N–H and O–H groups in total. The Morgan fingerprint density at radius 3 is 2.14 bits per heavy atom. The normalized spacial score (nSPS) is 20.4. The largest absolute Gasteiger partial charge is 0.310 e. The van der Waals surface area contributed by atoms with Crippen molar-refractivity contribution in [1.29, 1.82) is 0 Å². The van der Waals surface area contributed by atoms with Crippen LogP contribution in [0.15, 0.2) is 56.8 Å². The van der Waals surface area contributed by atoms with E-state index in [1.54, 1.807) is 24.3 Å². The van der Waals surface area contributed by atoms with Gasteiger partial charge >= 0.3 is 10.2 Å². The summed E-state index contributed by atoms with van der Waals surface area (Å²) in [7, 11) is -9.66. The lowest BCUT2D eigenvalue weighted by molar-refractivity contribution is 0.364. The molecule has 2 aromatic rings. The average Bonchev–Trinajstić information content (AvgIpc) is 2.79.